The molecule has 0 amide bonds. The van der Waals surface area contributed by atoms with Gasteiger partial charge in [-0.05, 0) is 37.0 Å². The van der Waals surface area contributed by atoms with Gasteiger partial charge >= 0.3 is 0 Å². The average Bonchev–Trinajstić information content (AvgIpc) is 2.20. The molecule has 1 rings (SSSR count). The second-order valence-electron chi connectivity index (χ2n) is 6.34. The van der Waals surface area contributed by atoms with E-state index in [9.17, 15) is 4.79 Å². The summed E-state index contributed by atoms with van der Waals surface area (Å²) in [6.45, 7) is 8.67. The van der Waals surface area contributed by atoms with Crippen LogP contribution in [-0.2, 0) is 4.79 Å². The Morgan fingerprint density at radius 1 is 1.00 bits per heavy atom. The van der Waals surface area contributed by atoms with Crippen LogP contribution < -0.4 is 0 Å². The third-order valence-electron chi connectivity index (χ3n) is 3.90. The molecule has 0 aromatic rings. The number of rotatable bonds is 5. The molecule has 1 fully saturated rings. The molecule has 1 aliphatic rings. The molecular formula is C15H28O. The Kier molecular flexibility index (Phi) is 5.51. The van der Waals surface area contributed by atoms with Gasteiger partial charge in [0.15, 0.2) is 0 Å². The smallest absolute Gasteiger partial charge is 0.135 e. The number of Topliss-reactive ketones (excluding diaryl/α,β-unsaturated/α-hetero) is 1. The van der Waals surface area contributed by atoms with Gasteiger partial charge in [0.25, 0.3) is 0 Å². The van der Waals surface area contributed by atoms with Crippen molar-refractivity contribution in [2.75, 3.05) is 0 Å². The van der Waals surface area contributed by atoms with Gasteiger partial charge in [-0.25, -0.2) is 0 Å². The molecule has 1 heteroatoms. The van der Waals surface area contributed by atoms with Crippen LogP contribution in [0.25, 0.3) is 0 Å². The number of hydrogen-bond donors (Lipinski definition) is 0. The highest BCUT2D eigenvalue weighted by Gasteiger charge is 2.24. The summed E-state index contributed by atoms with van der Waals surface area (Å²) in [6, 6.07) is 0. The average molecular weight is 224 g/mol. The quantitative estimate of drug-likeness (QED) is 0.674. The summed E-state index contributed by atoms with van der Waals surface area (Å²) in [6.07, 6.45) is 7.51. The molecule has 1 aliphatic carbocycles. The molecule has 0 aliphatic heterocycles. The van der Waals surface area contributed by atoms with E-state index in [1.54, 1.807) is 0 Å². The molecule has 0 saturated heterocycles. The molecule has 0 aromatic carbocycles. The summed E-state index contributed by atoms with van der Waals surface area (Å²) < 4.78 is 0. The molecule has 0 bridgehead atoms. The lowest BCUT2D eigenvalue weighted by molar-refractivity contribution is -0.123. The lowest BCUT2D eigenvalue weighted by Crippen LogP contribution is -2.20. The van der Waals surface area contributed by atoms with Gasteiger partial charge in [-0.3, -0.25) is 4.79 Å². The van der Waals surface area contributed by atoms with E-state index in [0.717, 1.165) is 18.3 Å². The van der Waals surface area contributed by atoms with Crippen molar-refractivity contribution in [3.05, 3.63) is 0 Å². The zero-order valence-corrected chi connectivity index (χ0v) is 11.5. The summed E-state index contributed by atoms with van der Waals surface area (Å²) in [5, 5.41) is 0. The van der Waals surface area contributed by atoms with Gasteiger partial charge in [0.2, 0.25) is 0 Å². The van der Waals surface area contributed by atoms with Crippen LogP contribution in [0.2, 0.25) is 0 Å². The first kappa shape index (κ1) is 13.7. The van der Waals surface area contributed by atoms with Crippen molar-refractivity contribution in [3.8, 4) is 0 Å². The SMILES string of the molecule is CC(C)CC1CCC(CC(=O)C(C)C)CC1. The van der Waals surface area contributed by atoms with Crippen LogP contribution >= 0.6 is 0 Å². The maximum Gasteiger partial charge on any atom is 0.135 e. The molecule has 16 heavy (non-hydrogen) atoms. The minimum atomic E-state index is 0.230. The minimum Gasteiger partial charge on any atom is -0.299 e. The predicted octanol–water partition coefficient (Wildman–Crippen LogP) is 4.45. The van der Waals surface area contributed by atoms with Crippen molar-refractivity contribution in [3.63, 3.8) is 0 Å². The van der Waals surface area contributed by atoms with Gasteiger partial charge in [0.05, 0.1) is 0 Å². The molecular weight excluding hydrogens is 196 g/mol. The van der Waals surface area contributed by atoms with Gasteiger partial charge in [-0.2, -0.15) is 0 Å². The van der Waals surface area contributed by atoms with Crippen LogP contribution in [-0.4, -0.2) is 5.78 Å². The summed E-state index contributed by atoms with van der Waals surface area (Å²) in [7, 11) is 0. The van der Waals surface area contributed by atoms with Crippen LogP contribution in [0.4, 0.5) is 0 Å². The molecule has 0 heterocycles. The van der Waals surface area contributed by atoms with Gasteiger partial charge in [0.1, 0.15) is 5.78 Å². The van der Waals surface area contributed by atoms with E-state index < -0.39 is 0 Å². The van der Waals surface area contributed by atoms with E-state index >= 15 is 0 Å². The summed E-state index contributed by atoms with van der Waals surface area (Å²) >= 11 is 0. The fourth-order valence-corrected chi connectivity index (χ4v) is 2.86. The van der Waals surface area contributed by atoms with Crippen LogP contribution in [0.3, 0.4) is 0 Å². The van der Waals surface area contributed by atoms with E-state index in [1.165, 1.54) is 32.1 Å². The molecule has 1 nitrogen and oxygen atoms in total. The van der Waals surface area contributed by atoms with Crippen LogP contribution in [0.1, 0.15) is 66.2 Å². The van der Waals surface area contributed by atoms with Crippen molar-refractivity contribution in [2.45, 2.75) is 66.2 Å². The maximum absolute atomic E-state index is 11.7. The highest BCUT2D eigenvalue weighted by molar-refractivity contribution is 5.80. The lowest BCUT2D eigenvalue weighted by Gasteiger charge is -2.29. The van der Waals surface area contributed by atoms with Crippen LogP contribution in [0, 0.1) is 23.7 Å². The molecule has 0 N–H and O–H groups in total. The maximum atomic E-state index is 11.7. The number of carbonyl (C=O) groups is 1. The molecule has 0 aromatic heterocycles. The molecule has 1 saturated carbocycles. The third kappa shape index (κ3) is 4.67. The van der Waals surface area contributed by atoms with Gasteiger partial charge in [-0.1, -0.05) is 40.5 Å². The van der Waals surface area contributed by atoms with Crippen LogP contribution in [0.15, 0.2) is 0 Å². The Morgan fingerprint density at radius 2 is 1.50 bits per heavy atom. The summed E-state index contributed by atoms with van der Waals surface area (Å²) in [5.41, 5.74) is 0. The second kappa shape index (κ2) is 6.42. The highest BCUT2D eigenvalue weighted by atomic mass is 16.1. The fraction of sp³-hybridized carbons (Fsp3) is 0.933. The zero-order valence-electron chi connectivity index (χ0n) is 11.5. The van der Waals surface area contributed by atoms with E-state index in [-0.39, 0.29) is 5.92 Å². The normalized spacial score (nSPS) is 26.4. The van der Waals surface area contributed by atoms with E-state index in [0.29, 0.717) is 11.7 Å². The summed E-state index contributed by atoms with van der Waals surface area (Å²) in [4.78, 5) is 11.7. The van der Waals surface area contributed by atoms with E-state index in [2.05, 4.69) is 13.8 Å². The van der Waals surface area contributed by atoms with Gasteiger partial charge in [-0.15, -0.1) is 0 Å². The zero-order chi connectivity index (χ0) is 12.1. The van der Waals surface area contributed by atoms with E-state index in [1.807, 2.05) is 13.8 Å². The Morgan fingerprint density at radius 3 is 1.94 bits per heavy atom. The molecule has 0 radical (unpaired) electrons. The number of ketones is 1. The van der Waals surface area contributed by atoms with Crippen molar-refractivity contribution in [1.29, 1.82) is 0 Å². The lowest BCUT2D eigenvalue weighted by atomic mass is 9.76. The van der Waals surface area contributed by atoms with Crippen molar-refractivity contribution >= 4 is 5.78 Å². The second-order valence-corrected chi connectivity index (χ2v) is 6.34. The minimum absolute atomic E-state index is 0.230. The largest absolute Gasteiger partial charge is 0.299 e. The topological polar surface area (TPSA) is 17.1 Å². The standard InChI is InChI=1S/C15H28O/c1-11(2)9-13-5-7-14(8-6-13)10-15(16)12(3)4/h11-14H,5-10H2,1-4H3. The predicted molar refractivity (Wildman–Crippen MR) is 69.4 cm³/mol. The molecule has 0 spiro atoms. The fourth-order valence-electron chi connectivity index (χ4n) is 2.86. The van der Waals surface area contributed by atoms with Crippen molar-refractivity contribution in [1.82, 2.24) is 0 Å². The first-order chi connectivity index (χ1) is 7.49. The Balaban J connectivity index is 2.24. The number of carbonyl (C=O) groups excluding carboxylic acids is 1. The van der Waals surface area contributed by atoms with Crippen LogP contribution in [0.5, 0.6) is 0 Å². The highest BCUT2D eigenvalue weighted by Crippen LogP contribution is 2.34. The van der Waals surface area contributed by atoms with Gasteiger partial charge in [0, 0.05) is 12.3 Å². The van der Waals surface area contributed by atoms with Gasteiger partial charge < -0.3 is 0 Å². The summed E-state index contributed by atoms with van der Waals surface area (Å²) in [5.74, 6) is 3.16. The molecule has 94 valence electrons. The first-order valence-corrected chi connectivity index (χ1v) is 7.01. The first-order valence-electron chi connectivity index (χ1n) is 7.01. The van der Waals surface area contributed by atoms with Crippen molar-refractivity contribution in [2.24, 2.45) is 23.7 Å². The Labute approximate surface area is 101 Å². The molecule has 0 atom stereocenters. The Bertz CT molecular complexity index is 209. The number of hydrogen-bond acceptors (Lipinski definition) is 1. The van der Waals surface area contributed by atoms with E-state index in [4.69, 9.17) is 0 Å². The molecule has 0 unspecified atom stereocenters. The van der Waals surface area contributed by atoms with Crippen molar-refractivity contribution < 1.29 is 4.79 Å². The Hall–Kier alpha value is -0.330. The monoisotopic (exact) mass is 224 g/mol. The third-order valence-corrected chi connectivity index (χ3v) is 3.90.